The van der Waals surface area contributed by atoms with Gasteiger partial charge in [0.25, 0.3) is 0 Å². The number of aromatic nitrogens is 2. The average Bonchev–Trinajstić information content (AvgIpc) is 2.53. The number of nitrogens with one attached hydrogen (secondary N) is 1. The molecule has 2 heterocycles. The first-order chi connectivity index (χ1) is 11.4. The molecule has 1 fully saturated rings. The van der Waals surface area contributed by atoms with Crippen molar-refractivity contribution in [2.24, 2.45) is 5.73 Å². The molecule has 0 spiro atoms. The molecule has 128 valence electrons. The highest BCUT2D eigenvalue weighted by Crippen LogP contribution is 2.37. The van der Waals surface area contributed by atoms with Crippen LogP contribution in [-0.4, -0.2) is 22.1 Å². The summed E-state index contributed by atoms with van der Waals surface area (Å²) in [6.07, 6.45) is 3.78. The van der Waals surface area contributed by atoms with E-state index in [2.05, 4.69) is 17.2 Å². The number of rotatable bonds is 3. The summed E-state index contributed by atoms with van der Waals surface area (Å²) < 4.78 is 0. The highest BCUT2D eigenvalue weighted by molar-refractivity contribution is 7.99. The minimum atomic E-state index is -0.141. The van der Waals surface area contributed by atoms with Crippen LogP contribution in [0.1, 0.15) is 37.2 Å². The molecule has 4 nitrogen and oxygen atoms in total. The van der Waals surface area contributed by atoms with Gasteiger partial charge in [-0.05, 0) is 38.8 Å². The standard InChI is InChI=1S/C17H20Cl2N4S/c1-10-16(24-14-5-3-4-11(18)15(14)19)21-8-13(23-10)12-6-7-17(2,20)9-22-12/h3-5,8,12,22H,6-7,9,20H2,1-2H3. The van der Waals surface area contributed by atoms with Crippen LogP contribution in [0.4, 0.5) is 0 Å². The summed E-state index contributed by atoms with van der Waals surface area (Å²) in [5, 5.41) is 5.39. The lowest BCUT2D eigenvalue weighted by Gasteiger charge is -2.34. The van der Waals surface area contributed by atoms with E-state index in [1.165, 1.54) is 11.8 Å². The maximum absolute atomic E-state index is 6.25. The van der Waals surface area contributed by atoms with Crippen molar-refractivity contribution in [2.75, 3.05) is 6.54 Å². The first kappa shape index (κ1) is 18.0. The molecule has 24 heavy (non-hydrogen) atoms. The molecule has 1 aromatic heterocycles. The SMILES string of the molecule is Cc1nc(C2CCC(C)(N)CN2)cnc1Sc1cccc(Cl)c1Cl. The first-order valence-electron chi connectivity index (χ1n) is 7.83. The average molecular weight is 383 g/mol. The third-order valence-electron chi connectivity index (χ3n) is 4.16. The highest BCUT2D eigenvalue weighted by atomic mass is 35.5. The van der Waals surface area contributed by atoms with E-state index >= 15 is 0 Å². The molecule has 0 bridgehead atoms. The lowest BCUT2D eigenvalue weighted by Crippen LogP contribution is -2.51. The van der Waals surface area contributed by atoms with Crippen molar-refractivity contribution in [2.45, 2.75) is 48.2 Å². The van der Waals surface area contributed by atoms with Crippen LogP contribution in [0.2, 0.25) is 10.0 Å². The van der Waals surface area contributed by atoms with Gasteiger partial charge in [-0.2, -0.15) is 0 Å². The van der Waals surface area contributed by atoms with Crippen LogP contribution in [0, 0.1) is 6.92 Å². The fourth-order valence-electron chi connectivity index (χ4n) is 2.70. The molecule has 1 saturated heterocycles. The number of aryl methyl sites for hydroxylation is 1. The van der Waals surface area contributed by atoms with E-state index in [1.54, 1.807) is 6.07 Å². The van der Waals surface area contributed by atoms with Gasteiger partial charge in [-0.3, -0.25) is 4.98 Å². The maximum atomic E-state index is 6.25. The van der Waals surface area contributed by atoms with Crippen LogP contribution >= 0.6 is 35.0 Å². The van der Waals surface area contributed by atoms with Crippen LogP contribution in [0.25, 0.3) is 0 Å². The van der Waals surface area contributed by atoms with Crippen LogP contribution in [-0.2, 0) is 0 Å². The molecule has 7 heteroatoms. The van der Waals surface area contributed by atoms with Gasteiger partial charge in [-0.15, -0.1) is 0 Å². The molecule has 1 aromatic carbocycles. The maximum Gasteiger partial charge on any atom is 0.122 e. The monoisotopic (exact) mass is 382 g/mol. The van der Waals surface area contributed by atoms with E-state index in [1.807, 2.05) is 25.3 Å². The largest absolute Gasteiger partial charge is 0.324 e. The second-order valence-electron chi connectivity index (χ2n) is 6.47. The Labute approximate surface area is 156 Å². The summed E-state index contributed by atoms with van der Waals surface area (Å²) in [5.74, 6) is 0. The van der Waals surface area contributed by atoms with Crippen LogP contribution in [0.15, 0.2) is 34.3 Å². The van der Waals surface area contributed by atoms with Crippen molar-refractivity contribution in [1.29, 1.82) is 0 Å². The molecule has 0 aliphatic carbocycles. The third kappa shape index (κ3) is 4.03. The predicted molar refractivity (Wildman–Crippen MR) is 99.9 cm³/mol. The minimum Gasteiger partial charge on any atom is -0.324 e. The molecular formula is C17H20Cl2N4S. The summed E-state index contributed by atoms with van der Waals surface area (Å²) in [4.78, 5) is 10.2. The van der Waals surface area contributed by atoms with E-state index in [4.69, 9.17) is 33.9 Å². The molecule has 3 N–H and O–H groups in total. The fraction of sp³-hybridized carbons (Fsp3) is 0.412. The van der Waals surface area contributed by atoms with Gasteiger partial charge >= 0.3 is 0 Å². The van der Waals surface area contributed by atoms with Crippen molar-refractivity contribution in [3.63, 3.8) is 0 Å². The Morgan fingerprint density at radius 1 is 1.38 bits per heavy atom. The van der Waals surface area contributed by atoms with Gasteiger partial charge in [0.15, 0.2) is 0 Å². The fourth-order valence-corrected chi connectivity index (χ4v) is 4.02. The minimum absolute atomic E-state index is 0.141. The van der Waals surface area contributed by atoms with Crippen molar-refractivity contribution in [3.05, 3.63) is 45.8 Å². The van der Waals surface area contributed by atoms with Gasteiger partial charge in [0, 0.05) is 17.0 Å². The summed E-state index contributed by atoms with van der Waals surface area (Å²) in [5.41, 5.74) is 7.87. The molecule has 3 rings (SSSR count). The predicted octanol–water partition coefficient (Wildman–Crippen LogP) is 4.38. The van der Waals surface area contributed by atoms with Crippen molar-refractivity contribution >= 4 is 35.0 Å². The van der Waals surface area contributed by atoms with Crippen molar-refractivity contribution in [3.8, 4) is 0 Å². The second-order valence-corrected chi connectivity index (χ2v) is 8.28. The topological polar surface area (TPSA) is 63.8 Å². The number of piperidine rings is 1. The highest BCUT2D eigenvalue weighted by Gasteiger charge is 2.28. The first-order valence-corrected chi connectivity index (χ1v) is 9.41. The Balaban J connectivity index is 1.77. The van der Waals surface area contributed by atoms with E-state index in [0.29, 0.717) is 10.0 Å². The van der Waals surface area contributed by atoms with E-state index < -0.39 is 0 Å². The Bertz CT molecular complexity index is 741. The molecule has 2 aromatic rings. The number of nitrogens with zero attached hydrogens (tertiary/aromatic N) is 2. The molecular weight excluding hydrogens is 363 g/mol. The summed E-state index contributed by atoms with van der Waals surface area (Å²) in [7, 11) is 0. The Kier molecular flexibility index (Phi) is 5.37. The zero-order valence-electron chi connectivity index (χ0n) is 13.6. The molecule has 2 unspecified atom stereocenters. The van der Waals surface area contributed by atoms with Gasteiger partial charge in [0.1, 0.15) is 5.03 Å². The van der Waals surface area contributed by atoms with Gasteiger partial charge in [0.05, 0.1) is 33.7 Å². The summed E-state index contributed by atoms with van der Waals surface area (Å²) in [6.45, 7) is 4.82. The van der Waals surface area contributed by atoms with E-state index in [-0.39, 0.29) is 11.6 Å². The normalized spacial score (nSPS) is 24.1. The van der Waals surface area contributed by atoms with Crippen LogP contribution in [0.5, 0.6) is 0 Å². The molecule has 1 aliphatic heterocycles. The number of halogens is 2. The lowest BCUT2D eigenvalue weighted by atomic mass is 9.89. The zero-order valence-corrected chi connectivity index (χ0v) is 16.0. The van der Waals surface area contributed by atoms with E-state index in [0.717, 1.165) is 40.7 Å². The molecule has 0 amide bonds. The quantitative estimate of drug-likeness (QED) is 0.823. The van der Waals surface area contributed by atoms with Gasteiger partial charge in [-0.1, -0.05) is 41.0 Å². The lowest BCUT2D eigenvalue weighted by molar-refractivity contribution is 0.284. The number of hydrogen-bond donors (Lipinski definition) is 2. The molecule has 0 saturated carbocycles. The Morgan fingerprint density at radius 3 is 2.83 bits per heavy atom. The van der Waals surface area contributed by atoms with E-state index in [9.17, 15) is 0 Å². The van der Waals surface area contributed by atoms with Gasteiger partial charge in [-0.25, -0.2) is 4.98 Å². The number of benzene rings is 1. The second kappa shape index (κ2) is 7.18. The molecule has 1 aliphatic rings. The summed E-state index contributed by atoms with van der Waals surface area (Å²) >= 11 is 13.8. The molecule has 0 radical (unpaired) electrons. The smallest absolute Gasteiger partial charge is 0.122 e. The number of nitrogens with two attached hydrogens (primary N) is 1. The van der Waals surface area contributed by atoms with Crippen LogP contribution < -0.4 is 11.1 Å². The number of hydrogen-bond acceptors (Lipinski definition) is 5. The zero-order chi connectivity index (χ0) is 17.3. The molecule has 2 atom stereocenters. The van der Waals surface area contributed by atoms with Crippen LogP contribution in [0.3, 0.4) is 0 Å². The van der Waals surface area contributed by atoms with Crippen molar-refractivity contribution in [1.82, 2.24) is 15.3 Å². The summed E-state index contributed by atoms with van der Waals surface area (Å²) in [6, 6.07) is 5.79. The third-order valence-corrected chi connectivity index (χ3v) is 6.24. The van der Waals surface area contributed by atoms with Crippen molar-refractivity contribution < 1.29 is 0 Å². The Morgan fingerprint density at radius 2 is 2.17 bits per heavy atom. The Hall–Kier alpha value is -0.850. The van der Waals surface area contributed by atoms with Gasteiger partial charge < -0.3 is 11.1 Å². The van der Waals surface area contributed by atoms with Gasteiger partial charge in [0.2, 0.25) is 0 Å².